The van der Waals surface area contributed by atoms with Crippen molar-refractivity contribution in [1.82, 2.24) is 9.71 Å². The third-order valence-electron chi connectivity index (χ3n) is 2.96. The van der Waals surface area contributed by atoms with Crippen LogP contribution in [0.25, 0.3) is 11.1 Å². The van der Waals surface area contributed by atoms with E-state index in [2.05, 4.69) is 4.98 Å². The van der Waals surface area contributed by atoms with Gasteiger partial charge < -0.3 is 10.2 Å². The summed E-state index contributed by atoms with van der Waals surface area (Å²) in [5.41, 5.74) is 1.68. The van der Waals surface area contributed by atoms with E-state index in [4.69, 9.17) is 10.2 Å². The van der Waals surface area contributed by atoms with Crippen LogP contribution in [0.15, 0.2) is 53.7 Å². The van der Waals surface area contributed by atoms with Crippen molar-refractivity contribution < 1.29 is 23.4 Å². The lowest BCUT2D eigenvalue weighted by Crippen LogP contribution is -2.43. The molecular weight excluding hydrogens is 308 g/mol. The van der Waals surface area contributed by atoms with Crippen LogP contribution in [-0.2, 0) is 14.8 Å². The molecule has 2 rings (SSSR count). The molecule has 1 unspecified atom stereocenters. The van der Waals surface area contributed by atoms with Gasteiger partial charge in [-0.25, -0.2) is 8.42 Å². The Morgan fingerprint density at radius 2 is 1.64 bits per heavy atom. The summed E-state index contributed by atoms with van der Waals surface area (Å²) >= 11 is 0. The van der Waals surface area contributed by atoms with Gasteiger partial charge in [-0.1, -0.05) is 12.1 Å². The van der Waals surface area contributed by atoms with Crippen molar-refractivity contribution in [2.45, 2.75) is 10.9 Å². The molecule has 8 heteroatoms. The molecule has 7 nitrogen and oxygen atoms in total. The Bertz CT molecular complexity index is 745. The van der Waals surface area contributed by atoms with Crippen molar-refractivity contribution >= 4 is 16.0 Å². The first-order valence-corrected chi connectivity index (χ1v) is 7.79. The molecule has 0 aliphatic heterocycles. The third kappa shape index (κ3) is 3.67. The van der Waals surface area contributed by atoms with Crippen molar-refractivity contribution in [2.24, 2.45) is 0 Å². The van der Waals surface area contributed by atoms with Crippen LogP contribution in [-0.4, -0.2) is 42.2 Å². The van der Waals surface area contributed by atoms with Crippen LogP contribution in [0.3, 0.4) is 0 Å². The first-order chi connectivity index (χ1) is 10.4. The fourth-order valence-electron chi connectivity index (χ4n) is 1.79. The second kappa shape index (κ2) is 6.65. The number of carboxylic acids is 1. The fourth-order valence-corrected chi connectivity index (χ4v) is 2.97. The lowest BCUT2D eigenvalue weighted by molar-refractivity contribution is -0.139. The number of aliphatic hydroxyl groups is 1. The van der Waals surface area contributed by atoms with Gasteiger partial charge in [0.15, 0.2) is 0 Å². The molecule has 3 N–H and O–H groups in total. The van der Waals surface area contributed by atoms with Crippen molar-refractivity contribution in [1.29, 1.82) is 0 Å². The smallest absolute Gasteiger partial charge is 0.324 e. The molecule has 0 aliphatic carbocycles. The minimum atomic E-state index is -4.02. The summed E-state index contributed by atoms with van der Waals surface area (Å²) in [6.07, 6.45) is 3.25. The van der Waals surface area contributed by atoms with Gasteiger partial charge in [-0.05, 0) is 35.4 Å². The summed E-state index contributed by atoms with van der Waals surface area (Å²) in [5, 5.41) is 17.7. The molecule has 1 aromatic carbocycles. The summed E-state index contributed by atoms with van der Waals surface area (Å²) in [5.74, 6) is -1.44. The molecule has 22 heavy (non-hydrogen) atoms. The second-order valence-corrected chi connectivity index (χ2v) is 6.17. The predicted octanol–water partition coefficient (Wildman–Crippen LogP) is 0.472. The van der Waals surface area contributed by atoms with Gasteiger partial charge in [0.1, 0.15) is 6.04 Å². The van der Waals surface area contributed by atoms with Gasteiger partial charge >= 0.3 is 5.97 Å². The molecule has 1 aromatic heterocycles. The number of hydrogen-bond donors (Lipinski definition) is 3. The van der Waals surface area contributed by atoms with E-state index < -0.39 is 28.6 Å². The summed E-state index contributed by atoms with van der Waals surface area (Å²) in [7, 11) is -4.02. The standard InChI is InChI=1S/C14H14N2O5S/c17-9-13(14(18)19)16-22(20,21)12-3-1-10(2-4-12)11-5-7-15-8-6-11/h1-8,13,16-17H,9H2,(H,18,19). The molecule has 0 saturated carbocycles. The first-order valence-electron chi connectivity index (χ1n) is 6.30. The molecule has 0 amide bonds. The number of aliphatic carboxylic acids is 1. The maximum absolute atomic E-state index is 12.1. The van der Waals surface area contributed by atoms with Gasteiger partial charge in [0, 0.05) is 12.4 Å². The number of benzene rings is 1. The molecule has 0 bridgehead atoms. The summed E-state index contributed by atoms with van der Waals surface area (Å²) < 4.78 is 26.0. The van der Waals surface area contributed by atoms with E-state index in [1.165, 1.54) is 12.1 Å². The van der Waals surface area contributed by atoms with Crippen LogP contribution in [0.2, 0.25) is 0 Å². The Balaban J connectivity index is 2.24. The number of carboxylic acid groups (broad SMARTS) is 1. The zero-order chi connectivity index (χ0) is 16.2. The lowest BCUT2D eigenvalue weighted by Gasteiger charge is -2.12. The Morgan fingerprint density at radius 1 is 1.09 bits per heavy atom. The minimum absolute atomic E-state index is 0.0787. The highest BCUT2D eigenvalue weighted by Gasteiger charge is 2.24. The number of aliphatic hydroxyl groups excluding tert-OH is 1. The van der Waals surface area contributed by atoms with Gasteiger partial charge in [-0.3, -0.25) is 9.78 Å². The van der Waals surface area contributed by atoms with Crippen LogP contribution in [0.5, 0.6) is 0 Å². The van der Waals surface area contributed by atoms with Gasteiger partial charge in [0.2, 0.25) is 10.0 Å². The normalized spacial score (nSPS) is 12.8. The van der Waals surface area contributed by atoms with E-state index >= 15 is 0 Å². The van der Waals surface area contributed by atoms with E-state index in [-0.39, 0.29) is 4.90 Å². The number of sulfonamides is 1. The van der Waals surface area contributed by atoms with Crippen LogP contribution in [0.1, 0.15) is 0 Å². The maximum atomic E-state index is 12.1. The van der Waals surface area contributed by atoms with E-state index in [1.54, 1.807) is 36.7 Å². The number of nitrogens with zero attached hydrogens (tertiary/aromatic N) is 1. The molecule has 116 valence electrons. The number of nitrogens with one attached hydrogen (secondary N) is 1. The quantitative estimate of drug-likeness (QED) is 0.712. The zero-order valence-electron chi connectivity index (χ0n) is 11.4. The van der Waals surface area contributed by atoms with Crippen LogP contribution in [0.4, 0.5) is 0 Å². The Kier molecular flexibility index (Phi) is 4.86. The van der Waals surface area contributed by atoms with Crippen molar-refractivity contribution in [3.63, 3.8) is 0 Å². The van der Waals surface area contributed by atoms with Gasteiger partial charge in [-0.2, -0.15) is 4.72 Å². The molecule has 0 aliphatic rings. The summed E-state index contributed by atoms with van der Waals surface area (Å²) in [6, 6.07) is 7.95. The summed E-state index contributed by atoms with van der Waals surface area (Å²) in [4.78, 5) is 14.6. The van der Waals surface area contributed by atoms with E-state index in [1.807, 2.05) is 4.72 Å². The molecule has 0 radical (unpaired) electrons. The molecular formula is C14H14N2O5S. The zero-order valence-corrected chi connectivity index (χ0v) is 12.2. The molecule has 2 aromatic rings. The van der Waals surface area contributed by atoms with Crippen molar-refractivity contribution in [2.75, 3.05) is 6.61 Å². The molecule has 0 spiro atoms. The van der Waals surface area contributed by atoms with Crippen molar-refractivity contribution in [3.05, 3.63) is 48.8 Å². The van der Waals surface area contributed by atoms with Crippen molar-refractivity contribution in [3.8, 4) is 11.1 Å². The SMILES string of the molecule is O=C(O)C(CO)NS(=O)(=O)c1ccc(-c2ccncc2)cc1. The molecule has 0 fully saturated rings. The largest absolute Gasteiger partial charge is 0.480 e. The van der Waals surface area contributed by atoms with E-state index in [9.17, 15) is 13.2 Å². The Labute approximate surface area is 127 Å². The highest BCUT2D eigenvalue weighted by Crippen LogP contribution is 2.20. The Morgan fingerprint density at radius 3 is 2.14 bits per heavy atom. The van der Waals surface area contributed by atoms with Crippen LogP contribution in [0, 0.1) is 0 Å². The number of rotatable bonds is 6. The van der Waals surface area contributed by atoms with E-state index in [0.717, 1.165) is 11.1 Å². The second-order valence-electron chi connectivity index (χ2n) is 4.45. The van der Waals surface area contributed by atoms with Crippen LogP contribution >= 0.6 is 0 Å². The summed E-state index contributed by atoms with van der Waals surface area (Å²) in [6.45, 7) is -0.830. The number of hydrogen-bond acceptors (Lipinski definition) is 5. The molecule has 1 heterocycles. The average molecular weight is 322 g/mol. The topological polar surface area (TPSA) is 117 Å². The average Bonchev–Trinajstić information content (AvgIpc) is 2.53. The fraction of sp³-hybridized carbons (Fsp3) is 0.143. The van der Waals surface area contributed by atoms with Gasteiger partial charge in [-0.15, -0.1) is 0 Å². The van der Waals surface area contributed by atoms with E-state index in [0.29, 0.717) is 0 Å². The highest BCUT2D eigenvalue weighted by atomic mass is 32.2. The number of aromatic nitrogens is 1. The number of pyridine rings is 1. The number of carbonyl (C=O) groups is 1. The maximum Gasteiger partial charge on any atom is 0.324 e. The predicted molar refractivity (Wildman–Crippen MR) is 78.5 cm³/mol. The highest BCUT2D eigenvalue weighted by molar-refractivity contribution is 7.89. The molecule has 0 saturated heterocycles. The molecule has 1 atom stereocenters. The van der Waals surface area contributed by atoms with Crippen LogP contribution < -0.4 is 4.72 Å². The first kappa shape index (κ1) is 16.1. The van der Waals surface area contributed by atoms with Gasteiger partial charge in [0.05, 0.1) is 11.5 Å². The van der Waals surface area contributed by atoms with Gasteiger partial charge in [0.25, 0.3) is 0 Å². The monoisotopic (exact) mass is 322 g/mol. The third-order valence-corrected chi connectivity index (χ3v) is 4.44. The lowest BCUT2D eigenvalue weighted by atomic mass is 10.1. The Hall–Kier alpha value is -2.29. The minimum Gasteiger partial charge on any atom is -0.480 e.